The molecule has 17 heavy (non-hydrogen) atoms. The largest absolute Gasteiger partial charge is 0.385 e. The molecule has 0 aromatic heterocycles. The Hall–Kier alpha value is -0.0800. The summed E-state index contributed by atoms with van der Waals surface area (Å²) in [6, 6.07) is 0.776. The molecule has 100 valence electrons. The van der Waals surface area contributed by atoms with Crippen molar-refractivity contribution in [2.75, 3.05) is 20.3 Å². The predicted molar refractivity (Wildman–Crippen MR) is 72.1 cm³/mol. The van der Waals surface area contributed by atoms with Crippen molar-refractivity contribution in [1.82, 2.24) is 5.32 Å². The maximum atomic E-state index is 5.19. The van der Waals surface area contributed by atoms with Crippen LogP contribution in [0, 0.1) is 17.8 Å². The summed E-state index contributed by atoms with van der Waals surface area (Å²) >= 11 is 0. The lowest BCUT2D eigenvalue weighted by molar-refractivity contribution is 0.186. The average Bonchev–Trinajstić information content (AvgIpc) is 3.08. The molecule has 1 N–H and O–H groups in total. The summed E-state index contributed by atoms with van der Waals surface area (Å²) < 4.78 is 5.19. The molecule has 0 amide bonds. The fourth-order valence-electron chi connectivity index (χ4n) is 3.85. The van der Waals surface area contributed by atoms with Crippen LogP contribution >= 0.6 is 0 Å². The van der Waals surface area contributed by atoms with E-state index in [-0.39, 0.29) is 0 Å². The summed E-state index contributed by atoms with van der Waals surface area (Å²) in [5.74, 6) is 3.14. The van der Waals surface area contributed by atoms with E-state index in [1.807, 2.05) is 7.11 Å². The molecular formula is C15H29NO. The van der Waals surface area contributed by atoms with Gasteiger partial charge in [0, 0.05) is 19.8 Å². The standard InChI is InChI=1S/C15H29NO/c1-3-10-16-14(9-6-11-17-2)15-12-7-4-5-8-13(12)15/h12-16H,3-11H2,1-2H3. The van der Waals surface area contributed by atoms with Crippen LogP contribution in [-0.2, 0) is 4.74 Å². The van der Waals surface area contributed by atoms with Crippen LogP contribution in [0.15, 0.2) is 0 Å². The number of nitrogens with one attached hydrogen (secondary N) is 1. The highest BCUT2D eigenvalue weighted by atomic mass is 16.5. The number of rotatable bonds is 8. The fourth-order valence-corrected chi connectivity index (χ4v) is 3.85. The Morgan fingerprint density at radius 2 is 1.94 bits per heavy atom. The van der Waals surface area contributed by atoms with Gasteiger partial charge in [-0.25, -0.2) is 0 Å². The van der Waals surface area contributed by atoms with Crippen molar-refractivity contribution in [2.24, 2.45) is 17.8 Å². The van der Waals surface area contributed by atoms with Crippen molar-refractivity contribution in [3.63, 3.8) is 0 Å². The van der Waals surface area contributed by atoms with Gasteiger partial charge >= 0.3 is 0 Å². The summed E-state index contributed by atoms with van der Waals surface area (Å²) in [6.07, 6.45) is 9.75. The van der Waals surface area contributed by atoms with Crippen molar-refractivity contribution in [2.45, 2.75) is 57.9 Å². The third kappa shape index (κ3) is 3.45. The Balaban J connectivity index is 1.78. The van der Waals surface area contributed by atoms with Gasteiger partial charge in [-0.1, -0.05) is 19.8 Å². The van der Waals surface area contributed by atoms with Crippen molar-refractivity contribution < 1.29 is 4.74 Å². The van der Waals surface area contributed by atoms with Gasteiger partial charge in [0.05, 0.1) is 0 Å². The van der Waals surface area contributed by atoms with Crippen molar-refractivity contribution in [3.8, 4) is 0 Å². The normalized spacial score (nSPS) is 33.2. The average molecular weight is 239 g/mol. The third-order valence-electron chi connectivity index (χ3n) is 4.71. The molecule has 3 unspecified atom stereocenters. The Morgan fingerprint density at radius 3 is 2.53 bits per heavy atom. The van der Waals surface area contributed by atoms with Crippen LogP contribution in [-0.4, -0.2) is 26.3 Å². The van der Waals surface area contributed by atoms with E-state index in [1.165, 1.54) is 51.5 Å². The van der Waals surface area contributed by atoms with Gasteiger partial charge in [0.25, 0.3) is 0 Å². The van der Waals surface area contributed by atoms with Crippen LogP contribution in [0.4, 0.5) is 0 Å². The topological polar surface area (TPSA) is 21.3 Å². The molecule has 0 saturated heterocycles. The molecule has 2 rings (SSSR count). The molecule has 0 aromatic carbocycles. The van der Waals surface area contributed by atoms with Gasteiger partial charge in [-0.05, 0) is 56.4 Å². The second kappa shape index (κ2) is 6.75. The fraction of sp³-hybridized carbons (Fsp3) is 1.00. The molecule has 2 aliphatic carbocycles. The molecule has 0 radical (unpaired) electrons. The van der Waals surface area contributed by atoms with E-state index in [0.717, 1.165) is 30.4 Å². The molecule has 0 bridgehead atoms. The van der Waals surface area contributed by atoms with E-state index in [1.54, 1.807) is 0 Å². The van der Waals surface area contributed by atoms with E-state index < -0.39 is 0 Å². The molecular weight excluding hydrogens is 210 g/mol. The van der Waals surface area contributed by atoms with E-state index >= 15 is 0 Å². The minimum absolute atomic E-state index is 0.776. The second-order valence-corrected chi connectivity index (χ2v) is 5.89. The first-order valence-corrected chi connectivity index (χ1v) is 7.60. The predicted octanol–water partition coefficient (Wildman–Crippen LogP) is 3.22. The Morgan fingerprint density at radius 1 is 1.24 bits per heavy atom. The highest BCUT2D eigenvalue weighted by molar-refractivity contribution is 5.04. The number of fused-ring (bicyclic) bond motifs is 1. The van der Waals surface area contributed by atoms with Gasteiger partial charge in [-0.3, -0.25) is 0 Å². The highest BCUT2D eigenvalue weighted by Gasteiger charge is 2.53. The molecule has 0 aliphatic heterocycles. The highest BCUT2D eigenvalue weighted by Crippen LogP contribution is 2.57. The zero-order chi connectivity index (χ0) is 12.1. The SMILES string of the molecule is CCCNC(CCCOC)C1C2CCCCC21. The lowest BCUT2D eigenvalue weighted by Crippen LogP contribution is -2.33. The van der Waals surface area contributed by atoms with E-state index in [2.05, 4.69) is 12.2 Å². The Kier molecular flexibility index (Phi) is 5.30. The first kappa shape index (κ1) is 13.4. The Labute approximate surface area is 107 Å². The van der Waals surface area contributed by atoms with Crippen LogP contribution in [0.2, 0.25) is 0 Å². The zero-order valence-electron chi connectivity index (χ0n) is 11.6. The summed E-state index contributed by atoms with van der Waals surface area (Å²) in [7, 11) is 1.81. The molecule has 0 aromatic rings. The summed E-state index contributed by atoms with van der Waals surface area (Å²) in [6.45, 7) is 4.37. The number of methoxy groups -OCH3 is 1. The van der Waals surface area contributed by atoms with Gasteiger partial charge < -0.3 is 10.1 Å². The second-order valence-electron chi connectivity index (χ2n) is 5.89. The van der Waals surface area contributed by atoms with Crippen LogP contribution in [0.1, 0.15) is 51.9 Å². The minimum atomic E-state index is 0.776. The van der Waals surface area contributed by atoms with Crippen molar-refractivity contribution in [3.05, 3.63) is 0 Å². The van der Waals surface area contributed by atoms with E-state index in [0.29, 0.717) is 0 Å². The molecule has 2 heteroatoms. The lowest BCUT2D eigenvalue weighted by Gasteiger charge is -2.19. The maximum absolute atomic E-state index is 5.19. The number of ether oxygens (including phenoxy) is 1. The van der Waals surface area contributed by atoms with Crippen LogP contribution in [0.3, 0.4) is 0 Å². The van der Waals surface area contributed by atoms with Gasteiger partial charge in [0.15, 0.2) is 0 Å². The monoisotopic (exact) mass is 239 g/mol. The summed E-state index contributed by atoms with van der Waals surface area (Å²) in [5.41, 5.74) is 0. The molecule has 2 nitrogen and oxygen atoms in total. The van der Waals surface area contributed by atoms with Gasteiger partial charge in [-0.15, -0.1) is 0 Å². The van der Waals surface area contributed by atoms with Crippen LogP contribution in [0.5, 0.6) is 0 Å². The molecule has 2 fully saturated rings. The first-order valence-electron chi connectivity index (χ1n) is 7.60. The van der Waals surface area contributed by atoms with Crippen molar-refractivity contribution in [1.29, 1.82) is 0 Å². The smallest absolute Gasteiger partial charge is 0.0462 e. The first-order chi connectivity index (χ1) is 8.38. The quantitative estimate of drug-likeness (QED) is 0.657. The third-order valence-corrected chi connectivity index (χ3v) is 4.71. The molecule has 3 atom stereocenters. The molecule has 2 aliphatic rings. The number of hydrogen-bond donors (Lipinski definition) is 1. The van der Waals surface area contributed by atoms with Gasteiger partial charge in [0.2, 0.25) is 0 Å². The van der Waals surface area contributed by atoms with E-state index in [4.69, 9.17) is 4.74 Å². The minimum Gasteiger partial charge on any atom is -0.385 e. The van der Waals surface area contributed by atoms with Gasteiger partial charge in [-0.2, -0.15) is 0 Å². The molecule has 2 saturated carbocycles. The van der Waals surface area contributed by atoms with Crippen molar-refractivity contribution >= 4 is 0 Å². The number of hydrogen-bond acceptors (Lipinski definition) is 2. The van der Waals surface area contributed by atoms with Crippen LogP contribution in [0.25, 0.3) is 0 Å². The van der Waals surface area contributed by atoms with E-state index in [9.17, 15) is 0 Å². The zero-order valence-corrected chi connectivity index (χ0v) is 11.6. The maximum Gasteiger partial charge on any atom is 0.0462 e. The lowest BCUT2D eigenvalue weighted by atomic mass is 10.0. The Bertz CT molecular complexity index is 207. The van der Waals surface area contributed by atoms with Crippen LogP contribution < -0.4 is 5.32 Å². The van der Waals surface area contributed by atoms with Gasteiger partial charge in [0.1, 0.15) is 0 Å². The molecule has 0 heterocycles. The summed E-state index contributed by atoms with van der Waals surface area (Å²) in [4.78, 5) is 0. The molecule has 0 spiro atoms. The summed E-state index contributed by atoms with van der Waals surface area (Å²) in [5, 5.41) is 3.79.